The van der Waals surface area contributed by atoms with Crippen LogP contribution in [0.15, 0.2) is 48.5 Å². The Morgan fingerprint density at radius 3 is 2.25 bits per heavy atom. The molecule has 1 aliphatic rings. The summed E-state index contributed by atoms with van der Waals surface area (Å²) < 4.78 is 0. The number of carbonyl (C=O) groups excluding carboxylic acids is 3. The van der Waals surface area contributed by atoms with Crippen molar-refractivity contribution in [2.45, 2.75) is 39.0 Å². The van der Waals surface area contributed by atoms with Crippen LogP contribution in [0.2, 0.25) is 0 Å². The highest BCUT2D eigenvalue weighted by atomic mass is 16.2. The molecule has 0 atom stereocenters. The maximum atomic E-state index is 12.3. The van der Waals surface area contributed by atoms with E-state index in [0.717, 1.165) is 18.4 Å². The molecule has 1 fully saturated rings. The van der Waals surface area contributed by atoms with E-state index in [2.05, 4.69) is 16.2 Å². The molecule has 0 unspecified atom stereocenters. The molecule has 3 N–H and O–H groups in total. The summed E-state index contributed by atoms with van der Waals surface area (Å²) in [6, 6.07) is 13.9. The van der Waals surface area contributed by atoms with Crippen LogP contribution in [0.4, 0.5) is 5.69 Å². The molecule has 6 heteroatoms. The molecule has 0 aromatic heterocycles. The number of amides is 3. The van der Waals surface area contributed by atoms with Gasteiger partial charge in [0.15, 0.2) is 0 Å². The molecule has 0 saturated heterocycles. The van der Waals surface area contributed by atoms with Crippen molar-refractivity contribution in [1.29, 1.82) is 0 Å². The van der Waals surface area contributed by atoms with Crippen molar-refractivity contribution in [3.8, 4) is 0 Å². The van der Waals surface area contributed by atoms with Gasteiger partial charge in [0.2, 0.25) is 5.91 Å². The van der Waals surface area contributed by atoms with E-state index in [1.165, 1.54) is 12.8 Å². The molecular weight excluding hydrogens is 354 g/mol. The molecule has 146 valence electrons. The number of nitrogens with one attached hydrogen (secondary N) is 3. The molecule has 1 aliphatic carbocycles. The van der Waals surface area contributed by atoms with Crippen molar-refractivity contribution in [3.05, 3.63) is 65.2 Å². The van der Waals surface area contributed by atoms with E-state index >= 15 is 0 Å². The number of anilines is 1. The number of rotatable bonds is 5. The summed E-state index contributed by atoms with van der Waals surface area (Å²) in [5, 5.41) is 2.82. The Bertz CT molecular complexity index is 856. The Balaban J connectivity index is 1.50. The molecule has 0 heterocycles. The number of aryl methyl sites for hydroxylation is 1. The zero-order valence-electron chi connectivity index (χ0n) is 16.0. The third-order valence-electron chi connectivity index (χ3n) is 5.06. The van der Waals surface area contributed by atoms with Crippen LogP contribution in [0.3, 0.4) is 0 Å². The summed E-state index contributed by atoms with van der Waals surface area (Å²) in [5.74, 6) is -0.332. The average molecular weight is 379 g/mol. The predicted octanol–water partition coefficient (Wildman–Crippen LogP) is 3.59. The van der Waals surface area contributed by atoms with Crippen molar-refractivity contribution in [2.75, 3.05) is 5.32 Å². The Hall–Kier alpha value is -3.15. The summed E-state index contributed by atoms with van der Waals surface area (Å²) in [6.45, 7) is 1.88. The molecule has 0 bridgehead atoms. The number of carbonyl (C=O) groups is 3. The molecule has 2 aromatic rings. The van der Waals surface area contributed by atoms with Crippen LogP contribution in [0.5, 0.6) is 0 Å². The van der Waals surface area contributed by atoms with Gasteiger partial charge in [0.25, 0.3) is 11.8 Å². The zero-order valence-corrected chi connectivity index (χ0v) is 16.0. The summed E-state index contributed by atoms with van der Waals surface area (Å²) in [5.41, 5.74) is 7.40. The Kier molecular flexibility index (Phi) is 6.42. The first-order valence-electron chi connectivity index (χ1n) is 9.59. The lowest BCUT2D eigenvalue weighted by molar-refractivity contribution is -0.122. The van der Waals surface area contributed by atoms with Crippen LogP contribution in [-0.2, 0) is 4.79 Å². The first-order valence-corrected chi connectivity index (χ1v) is 9.59. The molecule has 1 saturated carbocycles. The van der Waals surface area contributed by atoms with E-state index < -0.39 is 5.91 Å². The van der Waals surface area contributed by atoms with E-state index in [9.17, 15) is 14.4 Å². The standard InChI is InChI=1S/C22H25N3O3/c1-15-6-2-5-9-19(15)22(28)23-18-12-10-17(11-13-18)21(27)25-24-20(26)14-16-7-3-4-8-16/h2,5-6,9-13,16H,3-4,7-8,14H2,1H3,(H,23,28)(H,24,26)(H,25,27). The van der Waals surface area contributed by atoms with E-state index in [-0.39, 0.29) is 11.8 Å². The molecule has 3 amide bonds. The van der Waals surface area contributed by atoms with Crippen LogP contribution in [-0.4, -0.2) is 17.7 Å². The fourth-order valence-electron chi connectivity index (χ4n) is 3.46. The highest BCUT2D eigenvalue weighted by molar-refractivity contribution is 6.05. The van der Waals surface area contributed by atoms with Crippen molar-refractivity contribution in [1.82, 2.24) is 10.9 Å². The fourth-order valence-corrected chi connectivity index (χ4v) is 3.46. The second kappa shape index (κ2) is 9.17. The van der Waals surface area contributed by atoms with Gasteiger partial charge in [0.1, 0.15) is 0 Å². The first kappa shape index (κ1) is 19.6. The minimum absolute atomic E-state index is 0.164. The minimum atomic E-state index is -0.392. The van der Waals surface area contributed by atoms with E-state index in [0.29, 0.717) is 29.2 Å². The summed E-state index contributed by atoms with van der Waals surface area (Å²) in [6.07, 6.45) is 4.96. The van der Waals surface area contributed by atoms with E-state index in [1.54, 1.807) is 30.3 Å². The molecular formula is C22H25N3O3. The van der Waals surface area contributed by atoms with Crippen LogP contribution in [0, 0.1) is 12.8 Å². The minimum Gasteiger partial charge on any atom is -0.322 e. The van der Waals surface area contributed by atoms with E-state index in [4.69, 9.17) is 0 Å². The van der Waals surface area contributed by atoms with Crippen LogP contribution >= 0.6 is 0 Å². The van der Waals surface area contributed by atoms with Gasteiger partial charge in [-0.15, -0.1) is 0 Å². The average Bonchev–Trinajstić information content (AvgIpc) is 3.20. The SMILES string of the molecule is Cc1ccccc1C(=O)Nc1ccc(C(=O)NNC(=O)CC2CCCC2)cc1. The van der Waals surface area contributed by atoms with Crippen LogP contribution in [0.1, 0.15) is 58.4 Å². The van der Waals surface area contributed by atoms with Gasteiger partial charge < -0.3 is 5.32 Å². The molecule has 2 aromatic carbocycles. The first-order chi connectivity index (χ1) is 13.5. The molecule has 0 radical (unpaired) electrons. The van der Waals surface area contributed by atoms with Crippen molar-refractivity contribution >= 4 is 23.4 Å². The normalized spacial score (nSPS) is 13.8. The largest absolute Gasteiger partial charge is 0.322 e. The summed E-state index contributed by atoms with van der Waals surface area (Å²) in [7, 11) is 0. The number of hydrogen-bond donors (Lipinski definition) is 3. The highest BCUT2D eigenvalue weighted by Gasteiger charge is 2.18. The van der Waals surface area contributed by atoms with Gasteiger partial charge in [-0.25, -0.2) is 0 Å². The monoisotopic (exact) mass is 379 g/mol. The molecule has 28 heavy (non-hydrogen) atoms. The topological polar surface area (TPSA) is 87.3 Å². The Morgan fingerprint density at radius 1 is 0.893 bits per heavy atom. The zero-order chi connectivity index (χ0) is 19.9. The van der Waals surface area contributed by atoms with Gasteiger partial charge in [-0.2, -0.15) is 0 Å². The molecule has 6 nitrogen and oxygen atoms in total. The summed E-state index contributed by atoms with van der Waals surface area (Å²) in [4.78, 5) is 36.4. The third-order valence-corrected chi connectivity index (χ3v) is 5.06. The van der Waals surface area contributed by atoms with Gasteiger partial charge in [0.05, 0.1) is 0 Å². The molecule has 0 aliphatic heterocycles. The third kappa shape index (κ3) is 5.19. The predicted molar refractivity (Wildman–Crippen MR) is 108 cm³/mol. The van der Waals surface area contributed by atoms with Gasteiger partial charge in [-0.05, 0) is 61.6 Å². The maximum Gasteiger partial charge on any atom is 0.269 e. The fraction of sp³-hybridized carbons (Fsp3) is 0.318. The lowest BCUT2D eigenvalue weighted by Gasteiger charge is -2.11. The molecule has 3 rings (SSSR count). The van der Waals surface area contributed by atoms with Crippen LogP contribution < -0.4 is 16.2 Å². The highest BCUT2D eigenvalue weighted by Crippen LogP contribution is 2.27. The lowest BCUT2D eigenvalue weighted by Crippen LogP contribution is -2.42. The number of benzene rings is 2. The van der Waals surface area contributed by atoms with E-state index in [1.807, 2.05) is 25.1 Å². The quantitative estimate of drug-likeness (QED) is 0.694. The van der Waals surface area contributed by atoms with Gasteiger partial charge in [-0.1, -0.05) is 31.0 Å². The van der Waals surface area contributed by atoms with Gasteiger partial charge in [-0.3, -0.25) is 25.2 Å². The Morgan fingerprint density at radius 2 is 1.57 bits per heavy atom. The second-order valence-corrected chi connectivity index (χ2v) is 7.20. The second-order valence-electron chi connectivity index (χ2n) is 7.20. The smallest absolute Gasteiger partial charge is 0.269 e. The van der Waals surface area contributed by atoms with Crippen molar-refractivity contribution in [3.63, 3.8) is 0 Å². The maximum absolute atomic E-state index is 12.3. The van der Waals surface area contributed by atoms with Gasteiger partial charge >= 0.3 is 0 Å². The Labute approximate surface area is 164 Å². The van der Waals surface area contributed by atoms with Gasteiger partial charge in [0, 0.05) is 23.2 Å². The van der Waals surface area contributed by atoms with Crippen molar-refractivity contribution in [2.24, 2.45) is 5.92 Å². The van der Waals surface area contributed by atoms with Crippen molar-refractivity contribution < 1.29 is 14.4 Å². The van der Waals surface area contributed by atoms with Crippen LogP contribution in [0.25, 0.3) is 0 Å². The number of hydrogen-bond acceptors (Lipinski definition) is 3. The number of hydrazine groups is 1. The molecule has 0 spiro atoms. The summed E-state index contributed by atoms with van der Waals surface area (Å²) >= 11 is 0. The lowest BCUT2D eigenvalue weighted by atomic mass is 10.0.